The number of aromatic amines is 1. The molecule has 2 aromatic rings. The SMILES string of the molecule is CC(=O)OCCCN(C)C(=O)n1c(=S)[nH]c2ccccc21. The number of aromatic nitrogens is 2. The van der Waals surface area contributed by atoms with E-state index in [9.17, 15) is 9.59 Å². The molecule has 112 valence electrons. The molecule has 0 radical (unpaired) electrons. The first-order valence-electron chi connectivity index (χ1n) is 6.59. The first kappa shape index (κ1) is 15.2. The van der Waals surface area contributed by atoms with E-state index in [0.29, 0.717) is 24.3 Å². The van der Waals surface area contributed by atoms with Crippen LogP contribution in [-0.4, -0.2) is 46.7 Å². The molecule has 0 unspecified atom stereocenters. The lowest BCUT2D eigenvalue weighted by molar-refractivity contribution is -0.141. The number of fused-ring (bicyclic) bond motifs is 1. The standard InChI is InChI=1S/C14H17N3O3S/c1-10(18)20-9-5-8-16(2)14(19)17-12-7-4-3-6-11(12)15-13(17)21/h3-4,6-7H,5,8-9H2,1-2H3,(H,15,21). The minimum Gasteiger partial charge on any atom is -0.466 e. The first-order valence-corrected chi connectivity index (χ1v) is 7.00. The molecule has 0 saturated carbocycles. The van der Waals surface area contributed by atoms with Gasteiger partial charge in [0.2, 0.25) is 0 Å². The van der Waals surface area contributed by atoms with Crippen molar-refractivity contribution >= 4 is 35.3 Å². The number of imidazole rings is 1. The molecule has 0 bridgehead atoms. The van der Waals surface area contributed by atoms with Crippen LogP contribution in [0.5, 0.6) is 0 Å². The van der Waals surface area contributed by atoms with Crippen LogP contribution in [0, 0.1) is 4.77 Å². The smallest absolute Gasteiger partial charge is 0.330 e. The van der Waals surface area contributed by atoms with Crippen molar-refractivity contribution in [1.82, 2.24) is 14.5 Å². The van der Waals surface area contributed by atoms with E-state index >= 15 is 0 Å². The van der Waals surface area contributed by atoms with Crippen LogP contribution >= 0.6 is 12.2 Å². The van der Waals surface area contributed by atoms with E-state index in [0.717, 1.165) is 11.0 Å². The van der Waals surface area contributed by atoms with Gasteiger partial charge in [-0.1, -0.05) is 12.1 Å². The van der Waals surface area contributed by atoms with Gasteiger partial charge in [0.25, 0.3) is 0 Å². The summed E-state index contributed by atoms with van der Waals surface area (Å²) < 4.78 is 6.68. The summed E-state index contributed by atoms with van der Waals surface area (Å²) in [6, 6.07) is 7.24. The Labute approximate surface area is 127 Å². The average Bonchev–Trinajstić information content (AvgIpc) is 2.78. The second-order valence-electron chi connectivity index (χ2n) is 4.68. The highest BCUT2D eigenvalue weighted by atomic mass is 32.1. The van der Waals surface area contributed by atoms with Crippen molar-refractivity contribution in [2.45, 2.75) is 13.3 Å². The average molecular weight is 307 g/mol. The molecule has 21 heavy (non-hydrogen) atoms. The number of ether oxygens (including phenoxy) is 1. The summed E-state index contributed by atoms with van der Waals surface area (Å²) in [5, 5.41) is 0. The van der Waals surface area contributed by atoms with E-state index < -0.39 is 0 Å². The van der Waals surface area contributed by atoms with Gasteiger partial charge in [0.1, 0.15) is 0 Å². The van der Waals surface area contributed by atoms with Crippen LogP contribution in [0.1, 0.15) is 13.3 Å². The number of hydrogen-bond acceptors (Lipinski definition) is 4. The van der Waals surface area contributed by atoms with Crippen LogP contribution in [0.2, 0.25) is 0 Å². The molecular weight excluding hydrogens is 290 g/mol. The van der Waals surface area contributed by atoms with Gasteiger partial charge in [-0.15, -0.1) is 0 Å². The molecule has 0 saturated heterocycles. The molecule has 0 aliphatic rings. The fourth-order valence-electron chi connectivity index (χ4n) is 2.03. The number of rotatable bonds is 4. The second-order valence-corrected chi connectivity index (χ2v) is 5.07. The van der Waals surface area contributed by atoms with Crippen molar-refractivity contribution in [3.05, 3.63) is 29.0 Å². The van der Waals surface area contributed by atoms with Crippen molar-refractivity contribution in [3.8, 4) is 0 Å². The lowest BCUT2D eigenvalue weighted by atomic mass is 10.3. The minimum absolute atomic E-state index is 0.208. The Kier molecular flexibility index (Phi) is 4.74. The molecule has 1 heterocycles. The number of para-hydroxylation sites is 2. The Bertz CT molecular complexity index is 720. The summed E-state index contributed by atoms with van der Waals surface area (Å²) in [6.07, 6.45) is 0.581. The second kappa shape index (κ2) is 6.53. The number of carbonyl (C=O) groups is 2. The number of nitrogens with zero attached hydrogens (tertiary/aromatic N) is 2. The maximum Gasteiger partial charge on any atom is 0.330 e. The molecular formula is C14H17N3O3S. The van der Waals surface area contributed by atoms with Crippen molar-refractivity contribution in [2.24, 2.45) is 0 Å². The molecule has 0 atom stereocenters. The highest BCUT2D eigenvalue weighted by molar-refractivity contribution is 7.71. The Balaban J connectivity index is 2.09. The van der Waals surface area contributed by atoms with Gasteiger partial charge in [0.15, 0.2) is 4.77 Å². The fourth-order valence-corrected chi connectivity index (χ4v) is 2.32. The topological polar surface area (TPSA) is 67.3 Å². The minimum atomic E-state index is -0.317. The zero-order valence-electron chi connectivity index (χ0n) is 12.0. The Hall–Kier alpha value is -2.15. The van der Waals surface area contributed by atoms with Crippen molar-refractivity contribution in [3.63, 3.8) is 0 Å². The number of H-pyrrole nitrogens is 1. The van der Waals surface area contributed by atoms with E-state index in [1.54, 1.807) is 11.9 Å². The zero-order chi connectivity index (χ0) is 15.4. The van der Waals surface area contributed by atoms with E-state index in [-0.39, 0.29) is 12.0 Å². The van der Waals surface area contributed by atoms with Gasteiger partial charge < -0.3 is 14.6 Å². The fraction of sp³-hybridized carbons (Fsp3) is 0.357. The first-order chi connectivity index (χ1) is 10.0. The molecule has 1 amide bonds. The molecule has 0 aliphatic heterocycles. The summed E-state index contributed by atoms with van der Waals surface area (Å²) in [6.45, 7) is 2.14. The highest BCUT2D eigenvalue weighted by Gasteiger charge is 2.15. The van der Waals surface area contributed by atoms with E-state index in [2.05, 4.69) is 4.98 Å². The number of amides is 1. The molecule has 6 nitrogen and oxygen atoms in total. The summed E-state index contributed by atoms with van der Waals surface area (Å²) in [5.41, 5.74) is 1.57. The Morgan fingerprint density at radius 3 is 2.81 bits per heavy atom. The predicted molar refractivity (Wildman–Crippen MR) is 81.8 cm³/mol. The van der Waals surface area contributed by atoms with Gasteiger partial charge >= 0.3 is 12.0 Å². The van der Waals surface area contributed by atoms with Gasteiger partial charge in [-0.25, -0.2) is 9.36 Å². The number of benzene rings is 1. The van der Waals surface area contributed by atoms with Crippen LogP contribution in [0.25, 0.3) is 11.0 Å². The van der Waals surface area contributed by atoms with Crippen LogP contribution < -0.4 is 0 Å². The zero-order valence-corrected chi connectivity index (χ0v) is 12.8. The van der Waals surface area contributed by atoms with Gasteiger partial charge in [-0.3, -0.25) is 4.79 Å². The molecule has 0 spiro atoms. The Morgan fingerprint density at radius 1 is 1.38 bits per heavy atom. The van der Waals surface area contributed by atoms with E-state index in [4.69, 9.17) is 17.0 Å². The molecule has 0 fully saturated rings. The third kappa shape index (κ3) is 3.49. The third-order valence-corrected chi connectivity index (χ3v) is 3.34. The van der Waals surface area contributed by atoms with Crippen molar-refractivity contribution in [2.75, 3.05) is 20.2 Å². The van der Waals surface area contributed by atoms with Crippen LogP contribution in [0.15, 0.2) is 24.3 Å². The molecule has 1 aromatic heterocycles. The number of nitrogens with one attached hydrogen (secondary N) is 1. The third-order valence-electron chi connectivity index (χ3n) is 3.05. The molecule has 1 aromatic carbocycles. The van der Waals surface area contributed by atoms with Gasteiger partial charge in [-0.05, 0) is 30.8 Å². The number of carbonyl (C=O) groups excluding carboxylic acids is 2. The van der Waals surface area contributed by atoms with E-state index in [1.165, 1.54) is 11.5 Å². The van der Waals surface area contributed by atoms with Gasteiger partial charge in [0.05, 0.1) is 17.6 Å². The predicted octanol–water partition coefficient (Wildman–Crippen LogP) is 2.55. The molecule has 1 N–H and O–H groups in total. The summed E-state index contributed by atoms with van der Waals surface area (Å²) in [5.74, 6) is -0.317. The normalized spacial score (nSPS) is 10.6. The molecule has 2 rings (SSSR count). The molecule has 7 heteroatoms. The summed E-state index contributed by atoms with van der Waals surface area (Å²) in [4.78, 5) is 27.7. The van der Waals surface area contributed by atoms with E-state index in [1.807, 2.05) is 24.3 Å². The van der Waals surface area contributed by atoms with Gasteiger partial charge in [-0.2, -0.15) is 0 Å². The van der Waals surface area contributed by atoms with Crippen LogP contribution in [0.4, 0.5) is 4.79 Å². The van der Waals surface area contributed by atoms with Crippen LogP contribution in [0.3, 0.4) is 0 Å². The monoisotopic (exact) mass is 307 g/mol. The van der Waals surface area contributed by atoms with Crippen molar-refractivity contribution in [1.29, 1.82) is 0 Å². The highest BCUT2D eigenvalue weighted by Crippen LogP contribution is 2.14. The maximum absolute atomic E-state index is 12.5. The summed E-state index contributed by atoms with van der Waals surface area (Å²) in [7, 11) is 1.69. The van der Waals surface area contributed by atoms with Crippen molar-refractivity contribution < 1.29 is 14.3 Å². The number of hydrogen-bond donors (Lipinski definition) is 1. The summed E-state index contributed by atoms with van der Waals surface area (Å²) >= 11 is 5.21. The lowest BCUT2D eigenvalue weighted by Crippen LogP contribution is -2.32. The van der Waals surface area contributed by atoms with Crippen LogP contribution in [-0.2, 0) is 9.53 Å². The maximum atomic E-state index is 12.5. The largest absolute Gasteiger partial charge is 0.466 e. The molecule has 0 aliphatic carbocycles. The number of esters is 1. The quantitative estimate of drug-likeness (QED) is 0.535. The van der Waals surface area contributed by atoms with Gasteiger partial charge in [0, 0.05) is 20.5 Å². The lowest BCUT2D eigenvalue weighted by Gasteiger charge is -2.17. The Morgan fingerprint density at radius 2 is 2.10 bits per heavy atom.